The Labute approximate surface area is 160 Å². The molecule has 1 aliphatic rings. The van der Waals surface area contributed by atoms with E-state index < -0.39 is 0 Å². The highest BCUT2D eigenvalue weighted by molar-refractivity contribution is 5.74. The van der Waals surface area contributed by atoms with Gasteiger partial charge in [0.1, 0.15) is 18.0 Å². The second-order valence-electron chi connectivity index (χ2n) is 7.06. The molecule has 9 nitrogen and oxygen atoms in total. The van der Waals surface area contributed by atoms with Crippen LogP contribution < -0.4 is 4.74 Å². The molecule has 0 spiro atoms. The molecular weight excluding hydrogens is 356 g/mol. The Bertz CT molecular complexity index is 1170. The Morgan fingerprint density at radius 2 is 2.14 bits per heavy atom. The highest BCUT2D eigenvalue weighted by Crippen LogP contribution is 2.42. The minimum atomic E-state index is 0.0214. The van der Waals surface area contributed by atoms with Gasteiger partial charge in [-0.2, -0.15) is 5.26 Å². The highest BCUT2D eigenvalue weighted by atomic mass is 16.5. The van der Waals surface area contributed by atoms with E-state index in [0.717, 1.165) is 41.9 Å². The summed E-state index contributed by atoms with van der Waals surface area (Å²) in [6.07, 6.45) is 9.35. The van der Waals surface area contributed by atoms with E-state index in [2.05, 4.69) is 41.5 Å². The van der Waals surface area contributed by atoms with Crippen molar-refractivity contribution in [3.63, 3.8) is 0 Å². The molecule has 1 N–H and O–H groups in total. The third-order valence-corrected chi connectivity index (χ3v) is 5.50. The van der Waals surface area contributed by atoms with Crippen LogP contribution in [-0.4, -0.2) is 40.6 Å². The first kappa shape index (κ1) is 16.6. The third kappa shape index (κ3) is 2.65. The van der Waals surface area contributed by atoms with Crippen molar-refractivity contribution in [1.29, 1.82) is 5.26 Å². The van der Waals surface area contributed by atoms with Gasteiger partial charge in [-0.1, -0.05) is 13.3 Å². The number of aromatic nitrogens is 7. The number of nitriles is 1. The van der Waals surface area contributed by atoms with Crippen LogP contribution in [0.15, 0.2) is 30.9 Å². The third-order valence-electron chi connectivity index (χ3n) is 5.50. The van der Waals surface area contributed by atoms with E-state index in [1.165, 1.54) is 12.4 Å². The molecule has 4 aromatic rings. The summed E-state index contributed by atoms with van der Waals surface area (Å²) in [6, 6.07) is 3.96. The normalized spacial score (nSPS) is 21.9. The van der Waals surface area contributed by atoms with Gasteiger partial charge in [-0.05, 0) is 24.8 Å². The van der Waals surface area contributed by atoms with Gasteiger partial charge in [-0.15, -0.1) is 10.2 Å². The topological polar surface area (TPSA) is 118 Å². The van der Waals surface area contributed by atoms with E-state index in [1.54, 1.807) is 6.20 Å². The van der Waals surface area contributed by atoms with Gasteiger partial charge in [-0.3, -0.25) is 4.40 Å². The second-order valence-corrected chi connectivity index (χ2v) is 7.06. The Morgan fingerprint density at radius 3 is 2.93 bits per heavy atom. The van der Waals surface area contributed by atoms with Crippen LogP contribution in [0.1, 0.15) is 43.6 Å². The maximum atomic E-state index is 8.85. The van der Waals surface area contributed by atoms with Gasteiger partial charge < -0.3 is 9.72 Å². The SMILES string of the molecule is CC[C@H]1C[C@@H](Oc2cnc(C#N)cn2)C[C@@H]1c1nnc2cnc3[nH]ccc3n12. The van der Waals surface area contributed by atoms with E-state index >= 15 is 0 Å². The summed E-state index contributed by atoms with van der Waals surface area (Å²) in [4.78, 5) is 15.8. The molecule has 0 bridgehead atoms. The van der Waals surface area contributed by atoms with Gasteiger partial charge in [0.05, 0.1) is 24.1 Å². The van der Waals surface area contributed by atoms with E-state index in [9.17, 15) is 0 Å². The lowest BCUT2D eigenvalue weighted by molar-refractivity contribution is 0.194. The molecular formula is C19H18N8O. The summed E-state index contributed by atoms with van der Waals surface area (Å²) in [7, 11) is 0. The predicted octanol–water partition coefficient (Wildman–Crippen LogP) is 2.62. The zero-order valence-corrected chi connectivity index (χ0v) is 15.3. The molecule has 3 atom stereocenters. The van der Waals surface area contributed by atoms with E-state index in [0.29, 0.717) is 11.8 Å². The van der Waals surface area contributed by atoms with Crippen LogP contribution in [0.5, 0.6) is 5.88 Å². The first-order valence-corrected chi connectivity index (χ1v) is 9.32. The molecule has 0 aliphatic heterocycles. The molecule has 28 heavy (non-hydrogen) atoms. The molecule has 1 saturated carbocycles. The van der Waals surface area contributed by atoms with Crippen molar-refractivity contribution in [3.8, 4) is 11.9 Å². The minimum absolute atomic E-state index is 0.0214. The molecule has 0 unspecified atom stereocenters. The fourth-order valence-electron chi connectivity index (χ4n) is 4.18. The number of nitrogens with one attached hydrogen (secondary N) is 1. The first-order chi connectivity index (χ1) is 13.8. The summed E-state index contributed by atoms with van der Waals surface area (Å²) in [5.41, 5.74) is 2.83. The van der Waals surface area contributed by atoms with Gasteiger partial charge in [0.25, 0.3) is 0 Å². The fraction of sp³-hybridized carbons (Fsp3) is 0.368. The van der Waals surface area contributed by atoms with Gasteiger partial charge >= 0.3 is 0 Å². The minimum Gasteiger partial charge on any atom is -0.473 e. The van der Waals surface area contributed by atoms with Gasteiger partial charge in [0.2, 0.25) is 5.88 Å². The lowest BCUT2D eigenvalue weighted by Crippen LogP contribution is -2.13. The molecule has 1 fully saturated rings. The molecule has 4 aromatic heterocycles. The van der Waals surface area contributed by atoms with Crippen molar-refractivity contribution in [2.75, 3.05) is 0 Å². The van der Waals surface area contributed by atoms with Gasteiger partial charge in [0, 0.05) is 12.1 Å². The molecule has 0 aromatic carbocycles. The number of aromatic amines is 1. The summed E-state index contributed by atoms with van der Waals surface area (Å²) in [6.45, 7) is 2.19. The van der Waals surface area contributed by atoms with Crippen LogP contribution in [0.3, 0.4) is 0 Å². The first-order valence-electron chi connectivity index (χ1n) is 9.32. The Kier molecular flexibility index (Phi) is 3.90. The average Bonchev–Trinajstić information content (AvgIpc) is 3.45. The summed E-state index contributed by atoms with van der Waals surface area (Å²) in [5.74, 6) is 2.07. The van der Waals surface area contributed by atoms with E-state index in [4.69, 9.17) is 10.00 Å². The molecule has 0 amide bonds. The maximum absolute atomic E-state index is 8.85. The fourth-order valence-corrected chi connectivity index (χ4v) is 4.18. The number of ether oxygens (including phenoxy) is 1. The number of hydrogen-bond donors (Lipinski definition) is 1. The van der Waals surface area contributed by atoms with Crippen LogP contribution in [0.25, 0.3) is 16.8 Å². The number of rotatable bonds is 4. The smallest absolute Gasteiger partial charge is 0.232 e. The molecule has 4 heterocycles. The lowest BCUT2D eigenvalue weighted by Gasteiger charge is -2.15. The maximum Gasteiger partial charge on any atom is 0.232 e. The number of fused-ring (bicyclic) bond motifs is 3. The lowest BCUT2D eigenvalue weighted by atomic mass is 9.93. The van der Waals surface area contributed by atoms with E-state index in [1.807, 2.05) is 18.3 Å². The largest absolute Gasteiger partial charge is 0.473 e. The van der Waals surface area contributed by atoms with Crippen LogP contribution in [-0.2, 0) is 0 Å². The number of hydrogen-bond acceptors (Lipinski definition) is 7. The van der Waals surface area contributed by atoms with Crippen LogP contribution in [0.4, 0.5) is 0 Å². The Balaban J connectivity index is 1.46. The summed E-state index contributed by atoms with van der Waals surface area (Å²) < 4.78 is 8.15. The van der Waals surface area contributed by atoms with Crippen molar-refractivity contribution in [1.82, 2.24) is 34.5 Å². The number of H-pyrrole nitrogens is 1. The second kappa shape index (κ2) is 6.56. The van der Waals surface area contributed by atoms with E-state index in [-0.39, 0.29) is 17.7 Å². The Hall–Kier alpha value is -3.54. The molecule has 5 rings (SSSR count). The zero-order valence-electron chi connectivity index (χ0n) is 15.3. The Morgan fingerprint density at radius 1 is 1.21 bits per heavy atom. The van der Waals surface area contributed by atoms with Crippen molar-refractivity contribution in [2.45, 2.75) is 38.2 Å². The molecule has 1 aliphatic carbocycles. The molecule has 0 radical (unpaired) electrons. The predicted molar refractivity (Wildman–Crippen MR) is 99.6 cm³/mol. The monoisotopic (exact) mass is 374 g/mol. The van der Waals surface area contributed by atoms with Crippen molar-refractivity contribution >= 4 is 16.8 Å². The van der Waals surface area contributed by atoms with Gasteiger partial charge in [0.15, 0.2) is 17.0 Å². The quantitative estimate of drug-likeness (QED) is 0.583. The summed E-state index contributed by atoms with van der Waals surface area (Å²) >= 11 is 0. The molecule has 9 heteroatoms. The van der Waals surface area contributed by atoms with Crippen molar-refractivity contribution in [2.24, 2.45) is 5.92 Å². The van der Waals surface area contributed by atoms with Crippen LogP contribution in [0, 0.1) is 17.2 Å². The van der Waals surface area contributed by atoms with Crippen LogP contribution in [0.2, 0.25) is 0 Å². The van der Waals surface area contributed by atoms with Crippen molar-refractivity contribution in [3.05, 3.63) is 42.4 Å². The van der Waals surface area contributed by atoms with Crippen molar-refractivity contribution < 1.29 is 4.74 Å². The standard InChI is InChI=1S/C19H18N8O/c1-2-11-5-13(28-17-10-22-12(7-20)8-23-17)6-14(11)19-26-25-16-9-24-18-15(27(16)19)3-4-21-18/h3-4,8-11,13-14,21H,2,5-6H2,1H3/t11-,13+,14-/m0/s1. The highest BCUT2D eigenvalue weighted by Gasteiger charge is 2.38. The summed E-state index contributed by atoms with van der Waals surface area (Å²) in [5, 5.41) is 17.7. The van der Waals surface area contributed by atoms with Gasteiger partial charge in [-0.25, -0.2) is 15.0 Å². The zero-order chi connectivity index (χ0) is 19.1. The number of nitrogens with zero attached hydrogens (tertiary/aromatic N) is 7. The molecule has 140 valence electrons. The average molecular weight is 374 g/mol. The van der Waals surface area contributed by atoms with Crippen LogP contribution >= 0.6 is 0 Å². The molecule has 0 saturated heterocycles.